The van der Waals surface area contributed by atoms with Gasteiger partial charge in [0.25, 0.3) is 0 Å². The molecule has 0 aliphatic heterocycles. The van der Waals surface area contributed by atoms with Crippen LogP contribution < -0.4 is 10.6 Å². The van der Waals surface area contributed by atoms with E-state index in [9.17, 15) is 4.79 Å². The smallest absolute Gasteiger partial charge is 0.246 e. The lowest BCUT2D eigenvalue weighted by Crippen LogP contribution is -2.26. The minimum atomic E-state index is -0.122. The van der Waals surface area contributed by atoms with Crippen LogP contribution in [0.2, 0.25) is 0 Å². The highest BCUT2D eigenvalue weighted by molar-refractivity contribution is 5.95. The predicted octanol–water partition coefficient (Wildman–Crippen LogP) is 5.26. The number of rotatable bonds is 7. The molecule has 142 valence electrons. The van der Waals surface area contributed by atoms with E-state index in [1.807, 2.05) is 85.8 Å². The minimum Gasteiger partial charge on any atom is -0.378 e. The Morgan fingerprint density at radius 3 is 1.61 bits per heavy atom. The highest BCUT2D eigenvalue weighted by Gasteiger charge is 2.12. The molecule has 0 bridgehead atoms. The van der Waals surface area contributed by atoms with E-state index in [1.54, 1.807) is 6.08 Å². The monoisotopic (exact) mass is 370 g/mol. The lowest BCUT2D eigenvalue weighted by atomic mass is 10.1. The van der Waals surface area contributed by atoms with Crippen LogP contribution in [0.3, 0.4) is 0 Å². The van der Waals surface area contributed by atoms with E-state index in [0.717, 1.165) is 16.8 Å². The van der Waals surface area contributed by atoms with Gasteiger partial charge in [0, 0.05) is 17.8 Å². The third-order valence-corrected chi connectivity index (χ3v) is 4.69. The summed E-state index contributed by atoms with van der Waals surface area (Å²) in [6.07, 6.45) is 1.65. The van der Waals surface area contributed by atoms with E-state index in [-0.39, 0.29) is 18.0 Å². The molecule has 2 unspecified atom stereocenters. The summed E-state index contributed by atoms with van der Waals surface area (Å²) < 4.78 is 0. The van der Waals surface area contributed by atoms with Gasteiger partial charge in [0.1, 0.15) is 0 Å². The molecule has 0 aliphatic rings. The van der Waals surface area contributed by atoms with Crippen molar-refractivity contribution in [2.45, 2.75) is 25.9 Å². The molecular formula is C25H26N2O. The molecule has 0 radical (unpaired) electrons. The van der Waals surface area contributed by atoms with E-state index < -0.39 is 0 Å². The lowest BCUT2D eigenvalue weighted by molar-refractivity contribution is -0.117. The molecule has 0 saturated heterocycles. The van der Waals surface area contributed by atoms with Gasteiger partial charge in [0.05, 0.1) is 6.04 Å². The van der Waals surface area contributed by atoms with Crippen molar-refractivity contribution >= 4 is 11.6 Å². The second-order valence-electron chi connectivity index (χ2n) is 6.84. The maximum Gasteiger partial charge on any atom is 0.246 e. The molecule has 3 heteroatoms. The molecule has 3 aromatic rings. The highest BCUT2D eigenvalue weighted by Crippen LogP contribution is 2.19. The van der Waals surface area contributed by atoms with Gasteiger partial charge in [-0.1, -0.05) is 91.0 Å². The Bertz CT molecular complexity index is 905. The normalized spacial score (nSPS) is 13.4. The Morgan fingerprint density at radius 1 is 0.679 bits per heavy atom. The first-order chi connectivity index (χ1) is 13.6. The number of hydrogen-bond acceptors (Lipinski definition) is 2. The molecule has 0 aliphatic carbocycles. The Morgan fingerprint density at radius 2 is 1.11 bits per heavy atom. The van der Waals surface area contributed by atoms with E-state index in [4.69, 9.17) is 0 Å². The summed E-state index contributed by atoms with van der Waals surface area (Å²) in [6, 6.07) is 30.1. The van der Waals surface area contributed by atoms with Crippen LogP contribution in [-0.2, 0) is 4.79 Å². The first-order valence-electron chi connectivity index (χ1n) is 9.57. The van der Waals surface area contributed by atoms with Gasteiger partial charge in [-0.2, -0.15) is 0 Å². The molecule has 1 amide bonds. The minimum absolute atomic E-state index is 0.0616. The summed E-state index contributed by atoms with van der Waals surface area (Å²) in [6.45, 7) is 4.08. The fourth-order valence-electron chi connectivity index (χ4n) is 3.10. The first kappa shape index (κ1) is 19.4. The Hall–Kier alpha value is -3.33. The van der Waals surface area contributed by atoms with E-state index in [0.29, 0.717) is 0 Å². The molecule has 2 atom stereocenters. The number of carbonyl (C=O) groups excluding carboxylic acids is 1. The SMILES string of the molecule is CC(NC(=O)C=C(NC(C)c1ccccc1)c1ccccc1)c1ccccc1. The molecule has 3 aromatic carbocycles. The molecule has 3 nitrogen and oxygen atoms in total. The Balaban J connectivity index is 1.79. The van der Waals surface area contributed by atoms with Crippen LogP contribution in [0.15, 0.2) is 97.1 Å². The molecule has 0 heterocycles. The van der Waals surface area contributed by atoms with Crippen molar-refractivity contribution in [1.82, 2.24) is 10.6 Å². The van der Waals surface area contributed by atoms with Gasteiger partial charge in [0.2, 0.25) is 5.91 Å². The van der Waals surface area contributed by atoms with Gasteiger partial charge in [0.15, 0.2) is 0 Å². The van der Waals surface area contributed by atoms with Gasteiger partial charge in [-0.15, -0.1) is 0 Å². The summed E-state index contributed by atoms with van der Waals surface area (Å²) in [7, 11) is 0. The molecule has 0 aromatic heterocycles. The Kier molecular flexibility index (Phi) is 6.64. The van der Waals surface area contributed by atoms with E-state index in [2.05, 4.69) is 29.7 Å². The summed E-state index contributed by atoms with van der Waals surface area (Å²) in [5.74, 6) is -0.122. The Labute approximate surface area is 167 Å². The molecular weight excluding hydrogens is 344 g/mol. The molecule has 0 fully saturated rings. The van der Waals surface area contributed by atoms with Crippen molar-refractivity contribution in [3.8, 4) is 0 Å². The summed E-state index contributed by atoms with van der Waals surface area (Å²) in [5, 5.41) is 6.55. The summed E-state index contributed by atoms with van der Waals surface area (Å²) >= 11 is 0. The standard InChI is InChI=1S/C25H26N2O/c1-19(21-12-6-3-7-13-21)26-24(23-16-10-5-11-17-23)18-25(28)27-20(2)22-14-8-4-9-15-22/h3-20,26H,1-2H3,(H,27,28). The second-order valence-corrected chi connectivity index (χ2v) is 6.84. The maximum atomic E-state index is 12.7. The third kappa shape index (κ3) is 5.34. The van der Waals surface area contributed by atoms with Crippen LogP contribution in [0.5, 0.6) is 0 Å². The van der Waals surface area contributed by atoms with Gasteiger partial charge in [-0.05, 0) is 30.5 Å². The van der Waals surface area contributed by atoms with E-state index in [1.165, 1.54) is 5.56 Å². The van der Waals surface area contributed by atoms with Crippen molar-refractivity contribution in [2.24, 2.45) is 0 Å². The zero-order chi connectivity index (χ0) is 19.8. The number of benzene rings is 3. The van der Waals surface area contributed by atoms with Crippen molar-refractivity contribution in [2.75, 3.05) is 0 Å². The second kappa shape index (κ2) is 9.56. The van der Waals surface area contributed by atoms with Gasteiger partial charge < -0.3 is 10.6 Å². The van der Waals surface area contributed by atoms with Crippen LogP contribution in [0.25, 0.3) is 5.70 Å². The number of carbonyl (C=O) groups is 1. The fraction of sp³-hybridized carbons (Fsp3) is 0.160. The van der Waals surface area contributed by atoms with Crippen LogP contribution in [0.1, 0.15) is 42.6 Å². The zero-order valence-electron chi connectivity index (χ0n) is 16.3. The van der Waals surface area contributed by atoms with Crippen molar-refractivity contribution in [3.05, 3.63) is 114 Å². The molecule has 0 spiro atoms. The van der Waals surface area contributed by atoms with Crippen LogP contribution in [0, 0.1) is 0 Å². The van der Waals surface area contributed by atoms with Gasteiger partial charge >= 0.3 is 0 Å². The average Bonchev–Trinajstić information content (AvgIpc) is 2.75. The fourth-order valence-corrected chi connectivity index (χ4v) is 3.10. The van der Waals surface area contributed by atoms with Gasteiger partial charge in [-0.3, -0.25) is 4.79 Å². The van der Waals surface area contributed by atoms with Gasteiger partial charge in [-0.25, -0.2) is 0 Å². The zero-order valence-corrected chi connectivity index (χ0v) is 16.3. The highest BCUT2D eigenvalue weighted by atomic mass is 16.1. The quantitative estimate of drug-likeness (QED) is 0.557. The molecule has 3 rings (SSSR count). The first-order valence-corrected chi connectivity index (χ1v) is 9.57. The van der Waals surface area contributed by atoms with Crippen LogP contribution >= 0.6 is 0 Å². The lowest BCUT2D eigenvalue weighted by Gasteiger charge is -2.19. The topological polar surface area (TPSA) is 41.1 Å². The maximum absolute atomic E-state index is 12.7. The third-order valence-electron chi connectivity index (χ3n) is 4.69. The summed E-state index contributed by atoms with van der Waals surface area (Å²) in [4.78, 5) is 12.7. The molecule has 0 saturated carbocycles. The predicted molar refractivity (Wildman–Crippen MR) is 115 cm³/mol. The van der Waals surface area contributed by atoms with Crippen molar-refractivity contribution in [3.63, 3.8) is 0 Å². The number of nitrogens with one attached hydrogen (secondary N) is 2. The molecule has 2 N–H and O–H groups in total. The van der Waals surface area contributed by atoms with Crippen molar-refractivity contribution < 1.29 is 4.79 Å². The van der Waals surface area contributed by atoms with E-state index >= 15 is 0 Å². The molecule has 28 heavy (non-hydrogen) atoms. The van der Waals surface area contributed by atoms with Crippen LogP contribution in [-0.4, -0.2) is 5.91 Å². The number of hydrogen-bond donors (Lipinski definition) is 2. The van der Waals surface area contributed by atoms with Crippen LogP contribution in [0.4, 0.5) is 0 Å². The number of amides is 1. The average molecular weight is 370 g/mol. The largest absolute Gasteiger partial charge is 0.378 e. The van der Waals surface area contributed by atoms with Crippen molar-refractivity contribution in [1.29, 1.82) is 0 Å². The summed E-state index contributed by atoms with van der Waals surface area (Å²) in [5.41, 5.74) is 4.03.